The zero-order valence-corrected chi connectivity index (χ0v) is 7.90. The molecule has 2 amide bonds. The van der Waals surface area contributed by atoms with Gasteiger partial charge in [0.25, 0.3) is 0 Å². The molecular formula is C5H12N2OS2. The molecule has 0 saturated carbocycles. The van der Waals surface area contributed by atoms with Gasteiger partial charge in [-0.25, -0.2) is 8.51 Å². The fraction of sp³-hybridized carbons (Fsp3) is 0.800. The Bertz CT molecular complexity index is 114. The Morgan fingerprint density at radius 2 is 1.70 bits per heavy atom. The zero-order valence-electron chi connectivity index (χ0n) is 6.11. The molecule has 0 aliphatic heterocycles. The van der Waals surface area contributed by atoms with Crippen molar-refractivity contribution < 1.29 is 4.79 Å². The van der Waals surface area contributed by atoms with E-state index in [1.54, 1.807) is 4.90 Å². The first-order valence-electron chi connectivity index (χ1n) is 3.10. The molecule has 5 heteroatoms. The fourth-order valence-electron chi connectivity index (χ4n) is 0.621. The van der Waals surface area contributed by atoms with Crippen LogP contribution in [-0.2, 0) is 0 Å². The second-order valence-electron chi connectivity index (χ2n) is 1.74. The second kappa shape index (κ2) is 4.73. The Labute approximate surface area is 72.5 Å². The van der Waals surface area contributed by atoms with Crippen LogP contribution in [0.3, 0.4) is 0 Å². The molecule has 0 radical (unpaired) electrons. The van der Waals surface area contributed by atoms with Crippen LogP contribution in [-0.4, -0.2) is 27.7 Å². The van der Waals surface area contributed by atoms with Crippen molar-refractivity contribution in [3.05, 3.63) is 0 Å². The largest absolute Gasteiger partial charge is 0.339 e. The minimum absolute atomic E-state index is 0.184. The van der Waals surface area contributed by atoms with Crippen molar-refractivity contribution >= 4 is 31.7 Å². The van der Waals surface area contributed by atoms with Gasteiger partial charge in [0, 0.05) is 13.1 Å². The summed E-state index contributed by atoms with van der Waals surface area (Å²) in [5.41, 5.74) is 0. The van der Waals surface area contributed by atoms with Crippen LogP contribution in [0.1, 0.15) is 13.8 Å². The number of urea groups is 1. The van der Waals surface area contributed by atoms with Crippen LogP contribution in [0.15, 0.2) is 0 Å². The van der Waals surface area contributed by atoms with Gasteiger partial charge in [0.1, 0.15) is 0 Å². The summed E-state index contributed by atoms with van der Waals surface area (Å²) >= 11 is 7.49. The van der Waals surface area contributed by atoms with Crippen molar-refractivity contribution in [2.24, 2.45) is 0 Å². The normalized spacial score (nSPS) is 9.20. The number of hydrogen-bond donors (Lipinski definition) is 2. The van der Waals surface area contributed by atoms with Crippen LogP contribution >= 0.6 is 25.6 Å². The van der Waals surface area contributed by atoms with Gasteiger partial charge in [-0.1, -0.05) is 25.6 Å². The maximum Gasteiger partial charge on any atom is 0.339 e. The molecule has 0 rings (SSSR count). The Kier molecular flexibility index (Phi) is 4.72. The number of hydrogen-bond acceptors (Lipinski definition) is 3. The molecular weight excluding hydrogens is 168 g/mol. The van der Waals surface area contributed by atoms with Gasteiger partial charge in [0.2, 0.25) is 0 Å². The minimum atomic E-state index is -0.184. The average molecular weight is 180 g/mol. The Balaban J connectivity index is 3.89. The van der Waals surface area contributed by atoms with Crippen molar-refractivity contribution in [3.8, 4) is 0 Å². The van der Waals surface area contributed by atoms with Crippen LogP contribution in [0.25, 0.3) is 0 Å². The number of rotatable bonds is 2. The maximum atomic E-state index is 11.0. The molecule has 0 aliphatic rings. The molecule has 0 unspecified atom stereocenters. The Morgan fingerprint density at radius 3 is 1.80 bits per heavy atom. The van der Waals surface area contributed by atoms with E-state index in [-0.39, 0.29) is 6.03 Å². The fourth-order valence-corrected chi connectivity index (χ4v) is 0.874. The van der Waals surface area contributed by atoms with Gasteiger partial charge in [-0.15, -0.1) is 0 Å². The predicted molar refractivity (Wildman–Crippen MR) is 48.1 cm³/mol. The highest BCUT2D eigenvalue weighted by atomic mass is 32.2. The Hall–Kier alpha value is -0.0300. The van der Waals surface area contributed by atoms with Crippen LogP contribution in [0.2, 0.25) is 0 Å². The van der Waals surface area contributed by atoms with Crippen molar-refractivity contribution in [2.75, 3.05) is 13.1 Å². The number of carbonyl (C=O) groups is 1. The summed E-state index contributed by atoms with van der Waals surface area (Å²) in [6.45, 7) is 5.19. The van der Waals surface area contributed by atoms with E-state index in [0.29, 0.717) is 13.1 Å². The van der Waals surface area contributed by atoms with Gasteiger partial charge in [0.05, 0.1) is 0 Å². The molecule has 0 N–H and O–H groups in total. The molecule has 60 valence electrons. The van der Waals surface area contributed by atoms with Gasteiger partial charge in [0.15, 0.2) is 0 Å². The van der Waals surface area contributed by atoms with Gasteiger partial charge < -0.3 is 4.90 Å². The highest BCUT2D eigenvalue weighted by molar-refractivity contribution is 7.94. The zero-order chi connectivity index (χ0) is 8.15. The highest BCUT2D eigenvalue weighted by Crippen LogP contribution is 2.03. The quantitative estimate of drug-likeness (QED) is 0.617. The smallest absolute Gasteiger partial charge is 0.324 e. The van der Waals surface area contributed by atoms with Crippen molar-refractivity contribution in [1.82, 2.24) is 8.61 Å². The third kappa shape index (κ3) is 2.70. The third-order valence-electron chi connectivity index (χ3n) is 1.21. The molecule has 0 saturated heterocycles. The average Bonchev–Trinajstić information content (AvgIpc) is 1.90. The van der Waals surface area contributed by atoms with Crippen molar-refractivity contribution in [2.45, 2.75) is 13.8 Å². The summed E-state index contributed by atoms with van der Waals surface area (Å²) in [6, 6.07) is -0.184. The van der Waals surface area contributed by atoms with Gasteiger partial charge in [-0.2, -0.15) is 0 Å². The van der Waals surface area contributed by atoms with E-state index >= 15 is 0 Å². The summed E-state index contributed by atoms with van der Waals surface area (Å²) in [5.74, 6) is 0. The highest BCUT2D eigenvalue weighted by Gasteiger charge is 2.11. The molecule has 0 bridgehead atoms. The summed E-state index contributed by atoms with van der Waals surface area (Å²) in [6.07, 6.45) is 0. The molecule has 0 aromatic rings. The molecule has 0 aliphatic carbocycles. The lowest BCUT2D eigenvalue weighted by Gasteiger charge is -2.20. The standard InChI is InChI=1S/C5H12N2OS2/c1-3-6(4-2)5(8)7(9)10/h9-10H,3-4H2,1-2H3. The molecule has 0 atom stereocenters. The summed E-state index contributed by atoms with van der Waals surface area (Å²) in [5, 5.41) is 0. The summed E-state index contributed by atoms with van der Waals surface area (Å²) in [7, 11) is 0. The van der Waals surface area contributed by atoms with E-state index in [9.17, 15) is 4.79 Å². The second-order valence-corrected chi connectivity index (χ2v) is 2.86. The monoisotopic (exact) mass is 180 g/mol. The number of amides is 2. The summed E-state index contributed by atoms with van der Waals surface area (Å²) in [4.78, 5) is 12.6. The summed E-state index contributed by atoms with van der Waals surface area (Å²) < 4.78 is 0.979. The molecule has 0 aromatic carbocycles. The van der Waals surface area contributed by atoms with E-state index in [1.165, 1.54) is 0 Å². The maximum absolute atomic E-state index is 11.0. The van der Waals surface area contributed by atoms with Crippen LogP contribution in [0, 0.1) is 0 Å². The minimum Gasteiger partial charge on any atom is -0.324 e. The van der Waals surface area contributed by atoms with E-state index < -0.39 is 0 Å². The lowest BCUT2D eigenvalue weighted by atomic mass is 10.5. The first-order valence-corrected chi connectivity index (χ1v) is 3.90. The lowest BCUT2D eigenvalue weighted by Crippen LogP contribution is -2.34. The molecule has 0 fully saturated rings. The molecule has 3 nitrogen and oxygen atoms in total. The van der Waals surface area contributed by atoms with Gasteiger partial charge in [-0.05, 0) is 13.8 Å². The number of nitrogens with zero attached hydrogens (tertiary/aromatic N) is 2. The molecule has 0 heterocycles. The van der Waals surface area contributed by atoms with Gasteiger partial charge in [-0.3, -0.25) is 0 Å². The molecule has 0 aromatic heterocycles. The topological polar surface area (TPSA) is 23.6 Å². The van der Waals surface area contributed by atoms with E-state index in [4.69, 9.17) is 0 Å². The van der Waals surface area contributed by atoms with Crippen molar-refractivity contribution in [3.63, 3.8) is 0 Å². The van der Waals surface area contributed by atoms with E-state index in [2.05, 4.69) is 25.6 Å². The third-order valence-corrected chi connectivity index (χ3v) is 1.55. The predicted octanol–water partition coefficient (Wildman–Crippen LogP) is 1.44. The van der Waals surface area contributed by atoms with Crippen molar-refractivity contribution in [1.29, 1.82) is 0 Å². The van der Waals surface area contributed by atoms with Gasteiger partial charge >= 0.3 is 6.03 Å². The lowest BCUT2D eigenvalue weighted by molar-refractivity contribution is 0.200. The molecule has 0 spiro atoms. The number of carbonyl (C=O) groups excluding carboxylic acids is 1. The van der Waals surface area contributed by atoms with Crippen LogP contribution in [0.4, 0.5) is 4.79 Å². The van der Waals surface area contributed by atoms with Crippen LogP contribution in [0.5, 0.6) is 0 Å². The van der Waals surface area contributed by atoms with Crippen LogP contribution < -0.4 is 0 Å². The van der Waals surface area contributed by atoms with E-state index in [0.717, 1.165) is 3.71 Å². The van der Waals surface area contributed by atoms with E-state index in [1.807, 2.05) is 13.8 Å². The SMILES string of the molecule is CCN(CC)C(=O)N(S)S. The first-order chi connectivity index (χ1) is 4.63. The molecule has 10 heavy (non-hydrogen) atoms. The number of thiol groups is 2. The Morgan fingerprint density at radius 1 is 1.30 bits per heavy atom. The first kappa shape index (κ1) is 9.97.